The van der Waals surface area contributed by atoms with Gasteiger partial charge in [0.2, 0.25) is 0 Å². The Morgan fingerprint density at radius 1 is 1.11 bits per heavy atom. The molecule has 2 bridgehead atoms. The van der Waals surface area contributed by atoms with Crippen molar-refractivity contribution in [3.8, 4) is 0 Å². The van der Waals surface area contributed by atoms with Crippen molar-refractivity contribution >= 4 is 0 Å². The lowest BCUT2D eigenvalue weighted by molar-refractivity contribution is 0.102. The maximum absolute atomic E-state index is 3.76. The summed E-state index contributed by atoms with van der Waals surface area (Å²) in [4.78, 5) is 2.79. The molecule has 2 aliphatic heterocycles. The van der Waals surface area contributed by atoms with Crippen molar-refractivity contribution in [3.63, 3.8) is 0 Å². The van der Waals surface area contributed by atoms with Gasteiger partial charge in [0.15, 0.2) is 0 Å². The first-order valence-electron chi connectivity index (χ1n) is 8.26. The van der Waals surface area contributed by atoms with Crippen molar-refractivity contribution in [1.82, 2.24) is 10.2 Å². The largest absolute Gasteiger partial charge is 0.311 e. The maximum Gasteiger partial charge on any atom is 0.0128 e. The van der Waals surface area contributed by atoms with Gasteiger partial charge in [-0.2, -0.15) is 0 Å². The molecule has 1 N–H and O–H groups in total. The van der Waals surface area contributed by atoms with Crippen LogP contribution in [0.4, 0.5) is 0 Å². The van der Waals surface area contributed by atoms with Gasteiger partial charge >= 0.3 is 0 Å². The molecule has 2 heterocycles. The highest BCUT2D eigenvalue weighted by Crippen LogP contribution is 2.31. The van der Waals surface area contributed by atoms with Gasteiger partial charge in [0.05, 0.1) is 0 Å². The van der Waals surface area contributed by atoms with Crippen molar-refractivity contribution in [2.24, 2.45) is 0 Å². The van der Waals surface area contributed by atoms with E-state index in [2.05, 4.69) is 31.0 Å². The number of nitrogens with zero attached hydrogens (tertiary/aromatic N) is 1. The summed E-state index contributed by atoms with van der Waals surface area (Å²) in [6.07, 6.45) is 11.2. The van der Waals surface area contributed by atoms with E-state index in [1.54, 1.807) is 0 Å². The van der Waals surface area contributed by atoms with Crippen LogP contribution in [0.3, 0.4) is 0 Å². The number of hydrogen-bond acceptors (Lipinski definition) is 2. The molecule has 2 nitrogen and oxygen atoms in total. The van der Waals surface area contributed by atoms with E-state index in [0.29, 0.717) is 0 Å². The molecule has 0 aromatic carbocycles. The monoisotopic (exact) mass is 252 g/mol. The summed E-state index contributed by atoms with van der Waals surface area (Å²) in [5.41, 5.74) is 0. The van der Waals surface area contributed by atoms with Crippen molar-refractivity contribution in [2.45, 2.75) is 96.3 Å². The molecular formula is C16H32N2. The second kappa shape index (κ2) is 6.91. The highest BCUT2D eigenvalue weighted by molar-refractivity contribution is 4.96. The highest BCUT2D eigenvalue weighted by Gasteiger charge is 2.36. The van der Waals surface area contributed by atoms with Crippen molar-refractivity contribution in [2.75, 3.05) is 6.54 Å². The van der Waals surface area contributed by atoms with Gasteiger partial charge in [0.1, 0.15) is 0 Å². The van der Waals surface area contributed by atoms with Crippen LogP contribution in [-0.2, 0) is 0 Å². The fourth-order valence-electron chi connectivity index (χ4n) is 4.08. The first-order chi connectivity index (χ1) is 8.74. The highest BCUT2D eigenvalue weighted by atomic mass is 15.2. The van der Waals surface area contributed by atoms with Crippen LogP contribution in [0, 0.1) is 0 Å². The third kappa shape index (κ3) is 3.48. The smallest absolute Gasteiger partial charge is 0.0128 e. The number of unbranched alkanes of at least 4 members (excludes halogenated alkanes) is 2. The third-order valence-electron chi connectivity index (χ3n) is 5.07. The van der Waals surface area contributed by atoms with Crippen LogP contribution >= 0.6 is 0 Å². The molecule has 0 aliphatic carbocycles. The fourth-order valence-corrected chi connectivity index (χ4v) is 4.08. The number of nitrogens with one attached hydrogen (secondary N) is 1. The molecule has 0 radical (unpaired) electrons. The Kier molecular flexibility index (Phi) is 5.50. The minimum atomic E-state index is 0.782. The second-order valence-electron chi connectivity index (χ2n) is 6.44. The van der Waals surface area contributed by atoms with Crippen molar-refractivity contribution in [3.05, 3.63) is 0 Å². The number of fused-ring (bicyclic) bond motifs is 2. The van der Waals surface area contributed by atoms with E-state index in [4.69, 9.17) is 0 Å². The molecule has 3 atom stereocenters. The Balaban J connectivity index is 1.83. The summed E-state index contributed by atoms with van der Waals surface area (Å²) in [5.74, 6) is 0. The molecule has 0 aromatic rings. The summed E-state index contributed by atoms with van der Waals surface area (Å²) >= 11 is 0. The molecule has 106 valence electrons. The van der Waals surface area contributed by atoms with Crippen LogP contribution < -0.4 is 5.32 Å². The predicted octanol–water partition coefficient (Wildman–Crippen LogP) is 3.56. The summed E-state index contributed by atoms with van der Waals surface area (Å²) < 4.78 is 0. The minimum absolute atomic E-state index is 0.782. The van der Waals surface area contributed by atoms with Crippen LogP contribution in [0.15, 0.2) is 0 Å². The summed E-state index contributed by atoms with van der Waals surface area (Å²) in [7, 11) is 0. The topological polar surface area (TPSA) is 15.3 Å². The first-order valence-corrected chi connectivity index (χ1v) is 8.26. The zero-order valence-corrected chi connectivity index (χ0v) is 12.6. The molecule has 2 saturated heterocycles. The molecular weight excluding hydrogens is 220 g/mol. The van der Waals surface area contributed by atoms with Gasteiger partial charge in [-0.15, -0.1) is 0 Å². The van der Waals surface area contributed by atoms with Gasteiger partial charge in [-0.1, -0.05) is 33.1 Å². The van der Waals surface area contributed by atoms with E-state index in [-0.39, 0.29) is 0 Å². The Labute approximate surface area is 114 Å². The van der Waals surface area contributed by atoms with E-state index >= 15 is 0 Å². The SMILES string of the molecule is CCCCCC(C)N(CC)C1CC2CCC(C1)N2. The van der Waals surface area contributed by atoms with E-state index < -0.39 is 0 Å². The summed E-state index contributed by atoms with van der Waals surface area (Å²) in [5, 5.41) is 3.76. The van der Waals surface area contributed by atoms with Crippen molar-refractivity contribution in [1.29, 1.82) is 0 Å². The lowest BCUT2D eigenvalue weighted by Gasteiger charge is -2.40. The maximum atomic E-state index is 3.76. The Bertz CT molecular complexity index is 229. The van der Waals surface area contributed by atoms with Gasteiger partial charge < -0.3 is 5.32 Å². The van der Waals surface area contributed by atoms with E-state index in [9.17, 15) is 0 Å². The lowest BCUT2D eigenvalue weighted by atomic mass is 9.95. The molecule has 2 aliphatic rings. The number of piperidine rings is 1. The molecule has 2 rings (SSSR count). The van der Waals surface area contributed by atoms with Crippen LogP contribution in [0.2, 0.25) is 0 Å². The van der Waals surface area contributed by atoms with E-state index in [1.807, 2.05) is 0 Å². The number of hydrogen-bond donors (Lipinski definition) is 1. The standard InChI is InChI=1S/C16H32N2/c1-4-6-7-8-13(3)18(5-2)16-11-14-9-10-15(12-16)17-14/h13-17H,4-12H2,1-3H3. The average molecular weight is 252 g/mol. The van der Waals surface area contributed by atoms with Gasteiger partial charge in [0.25, 0.3) is 0 Å². The summed E-state index contributed by atoms with van der Waals surface area (Å²) in [6, 6.07) is 3.28. The van der Waals surface area contributed by atoms with Crippen LogP contribution in [0.25, 0.3) is 0 Å². The molecule has 0 saturated carbocycles. The Morgan fingerprint density at radius 2 is 1.78 bits per heavy atom. The van der Waals surface area contributed by atoms with Gasteiger partial charge in [-0.3, -0.25) is 4.90 Å². The zero-order valence-electron chi connectivity index (χ0n) is 12.6. The third-order valence-corrected chi connectivity index (χ3v) is 5.07. The average Bonchev–Trinajstić information content (AvgIpc) is 2.70. The Hall–Kier alpha value is -0.0800. The normalized spacial score (nSPS) is 33.0. The van der Waals surface area contributed by atoms with Crippen molar-refractivity contribution < 1.29 is 0 Å². The molecule has 0 spiro atoms. The molecule has 0 aromatic heterocycles. The molecule has 2 heteroatoms. The zero-order chi connectivity index (χ0) is 13.0. The molecule has 3 unspecified atom stereocenters. The second-order valence-corrected chi connectivity index (χ2v) is 6.44. The van der Waals surface area contributed by atoms with Crippen LogP contribution in [-0.4, -0.2) is 35.6 Å². The van der Waals surface area contributed by atoms with Gasteiger partial charge in [-0.05, 0) is 45.6 Å². The Morgan fingerprint density at radius 3 is 2.33 bits per heavy atom. The number of rotatable bonds is 7. The van der Waals surface area contributed by atoms with Gasteiger partial charge in [-0.25, -0.2) is 0 Å². The van der Waals surface area contributed by atoms with Crippen LogP contribution in [0.1, 0.15) is 72.1 Å². The fraction of sp³-hybridized carbons (Fsp3) is 1.00. The molecule has 0 amide bonds. The van der Waals surface area contributed by atoms with E-state index in [0.717, 1.165) is 24.2 Å². The lowest BCUT2D eigenvalue weighted by Crippen LogP contribution is -2.50. The molecule has 18 heavy (non-hydrogen) atoms. The van der Waals surface area contributed by atoms with Gasteiger partial charge in [0, 0.05) is 24.2 Å². The summed E-state index contributed by atoms with van der Waals surface area (Å²) in [6.45, 7) is 8.33. The predicted molar refractivity (Wildman–Crippen MR) is 79.0 cm³/mol. The molecule has 2 fully saturated rings. The quantitative estimate of drug-likeness (QED) is 0.697. The minimum Gasteiger partial charge on any atom is -0.311 e. The van der Waals surface area contributed by atoms with E-state index in [1.165, 1.54) is 57.9 Å². The first kappa shape index (κ1) is 14.3. The van der Waals surface area contributed by atoms with Crippen LogP contribution in [0.5, 0.6) is 0 Å².